The predicted octanol–water partition coefficient (Wildman–Crippen LogP) is 2.09. The topological polar surface area (TPSA) is 118 Å². The van der Waals surface area contributed by atoms with E-state index in [1.165, 1.54) is 11.8 Å². The molecule has 0 bridgehead atoms. The lowest BCUT2D eigenvalue weighted by atomic mass is 10.1. The molecule has 2 saturated heterocycles. The number of thioether (sulfide) groups is 1. The average molecular weight is 511 g/mol. The molecule has 3 rings (SSSR count). The maximum atomic E-state index is 12.9. The van der Waals surface area contributed by atoms with Crippen molar-refractivity contribution in [3.63, 3.8) is 0 Å². The van der Waals surface area contributed by atoms with Crippen molar-refractivity contribution in [1.82, 2.24) is 15.1 Å². The second-order valence-corrected chi connectivity index (χ2v) is 10.3. The Bertz CT molecular complexity index is 1010. The van der Waals surface area contributed by atoms with E-state index < -0.39 is 11.8 Å². The molecular formula is C26H34N6O3S. The highest BCUT2D eigenvalue weighted by atomic mass is 32.2. The van der Waals surface area contributed by atoms with Crippen LogP contribution in [-0.2, 0) is 14.4 Å². The number of likely N-dealkylation sites (tertiary alicyclic amines) is 1. The number of nitriles is 1. The molecule has 0 radical (unpaired) electrons. The van der Waals surface area contributed by atoms with Crippen LogP contribution >= 0.6 is 11.8 Å². The molecule has 0 spiro atoms. The van der Waals surface area contributed by atoms with E-state index in [0.717, 1.165) is 37.3 Å². The lowest BCUT2D eigenvalue weighted by Gasteiger charge is -2.23. The van der Waals surface area contributed by atoms with Crippen LogP contribution in [0.15, 0.2) is 24.3 Å². The fourth-order valence-corrected chi connectivity index (χ4v) is 6.05. The zero-order valence-corrected chi connectivity index (χ0v) is 21.5. The van der Waals surface area contributed by atoms with Crippen molar-refractivity contribution in [2.45, 2.75) is 43.2 Å². The van der Waals surface area contributed by atoms with Crippen LogP contribution in [-0.4, -0.2) is 77.4 Å². The number of nitrogens with zero attached hydrogens (tertiary/aromatic N) is 3. The SMILES string of the molecule is C#CCNC(=O)C(C#N)CC1SC(CCNc2cccc(NC(=O)CN3CCCC3)c2)C(=O)N1CC. The van der Waals surface area contributed by atoms with Gasteiger partial charge in [0, 0.05) is 30.9 Å². The van der Waals surface area contributed by atoms with Gasteiger partial charge in [0.2, 0.25) is 17.7 Å². The van der Waals surface area contributed by atoms with Crippen LogP contribution in [0.25, 0.3) is 0 Å². The summed E-state index contributed by atoms with van der Waals surface area (Å²) in [4.78, 5) is 41.4. The standard InChI is InChI=1S/C26H34N6O3S/c1-3-11-29-25(34)19(17-27)15-24-32(4-2)26(35)22(36-24)10-12-28-20-8-7-9-21(16-20)30-23(33)18-31-13-5-6-14-31/h1,7-9,16,19,22,24,28H,4-6,10-15,18H2,2H3,(H,29,34)(H,30,33). The largest absolute Gasteiger partial charge is 0.385 e. The number of rotatable bonds is 12. The highest BCUT2D eigenvalue weighted by Gasteiger charge is 2.40. The monoisotopic (exact) mass is 510 g/mol. The Kier molecular flexibility index (Phi) is 10.5. The predicted molar refractivity (Wildman–Crippen MR) is 142 cm³/mol. The number of hydrogen-bond acceptors (Lipinski definition) is 7. The molecule has 3 amide bonds. The minimum Gasteiger partial charge on any atom is -0.385 e. The van der Waals surface area contributed by atoms with Crippen molar-refractivity contribution in [3.05, 3.63) is 24.3 Å². The maximum absolute atomic E-state index is 12.9. The van der Waals surface area contributed by atoms with E-state index in [9.17, 15) is 19.6 Å². The van der Waals surface area contributed by atoms with Crippen LogP contribution in [0.2, 0.25) is 0 Å². The van der Waals surface area contributed by atoms with Gasteiger partial charge in [-0.1, -0.05) is 12.0 Å². The molecule has 1 aromatic rings. The van der Waals surface area contributed by atoms with Gasteiger partial charge < -0.3 is 20.9 Å². The van der Waals surface area contributed by atoms with Crippen LogP contribution < -0.4 is 16.0 Å². The van der Waals surface area contributed by atoms with E-state index >= 15 is 0 Å². The second-order valence-electron chi connectivity index (χ2n) is 8.87. The van der Waals surface area contributed by atoms with Gasteiger partial charge in [-0.25, -0.2) is 0 Å². The number of terminal acetylenes is 1. The van der Waals surface area contributed by atoms with Gasteiger partial charge in [0.25, 0.3) is 0 Å². The molecule has 0 saturated carbocycles. The zero-order chi connectivity index (χ0) is 25.9. The van der Waals surface area contributed by atoms with Gasteiger partial charge in [-0.15, -0.1) is 18.2 Å². The van der Waals surface area contributed by atoms with E-state index in [0.29, 0.717) is 26.1 Å². The summed E-state index contributed by atoms with van der Waals surface area (Å²) < 4.78 is 0. The van der Waals surface area contributed by atoms with E-state index in [4.69, 9.17) is 6.42 Å². The van der Waals surface area contributed by atoms with Gasteiger partial charge in [0.15, 0.2) is 0 Å². The number of carbonyl (C=O) groups is 3. The molecular weight excluding hydrogens is 476 g/mol. The highest BCUT2D eigenvalue weighted by Crippen LogP contribution is 2.37. The number of anilines is 2. The van der Waals surface area contributed by atoms with E-state index in [1.54, 1.807) is 4.90 Å². The number of nitrogens with one attached hydrogen (secondary N) is 3. The molecule has 3 unspecified atom stereocenters. The first-order valence-electron chi connectivity index (χ1n) is 12.4. The first kappa shape index (κ1) is 27.4. The Morgan fingerprint density at radius 3 is 2.72 bits per heavy atom. The summed E-state index contributed by atoms with van der Waals surface area (Å²) in [6.45, 7) is 5.41. The van der Waals surface area contributed by atoms with E-state index in [-0.39, 0.29) is 35.4 Å². The smallest absolute Gasteiger partial charge is 0.238 e. The molecule has 0 aromatic heterocycles. The molecule has 192 valence electrons. The van der Waals surface area contributed by atoms with Crippen LogP contribution in [0, 0.1) is 29.6 Å². The van der Waals surface area contributed by atoms with Crippen molar-refractivity contribution in [2.75, 3.05) is 49.9 Å². The van der Waals surface area contributed by atoms with Crippen LogP contribution in [0.3, 0.4) is 0 Å². The maximum Gasteiger partial charge on any atom is 0.238 e. The van der Waals surface area contributed by atoms with Crippen LogP contribution in [0.4, 0.5) is 11.4 Å². The van der Waals surface area contributed by atoms with Crippen molar-refractivity contribution in [1.29, 1.82) is 5.26 Å². The van der Waals surface area contributed by atoms with Crippen molar-refractivity contribution < 1.29 is 14.4 Å². The third-order valence-corrected chi connectivity index (χ3v) is 7.82. The van der Waals surface area contributed by atoms with E-state index in [2.05, 4.69) is 26.8 Å². The lowest BCUT2D eigenvalue weighted by Crippen LogP contribution is -2.38. The summed E-state index contributed by atoms with van der Waals surface area (Å²) >= 11 is 1.50. The first-order valence-corrected chi connectivity index (χ1v) is 13.3. The quantitative estimate of drug-likeness (QED) is 0.369. The summed E-state index contributed by atoms with van der Waals surface area (Å²) in [7, 11) is 0. The third kappa shape index (κ3) is 7.64. The first-order chi connectivity index (χ1) is 17.4. The van der Waals surface area contributed by atoms with Gasteiger partial charge in [-0.05, 0) is 57.5 Å². The molecule has 36 heavy (non-hydrogen) atoms. The Balaban J connectivity index is 1.49. The number of carbonyl (C=O) groups excluding carboxylic acids is 3. The van der Waals surface area contributed by atoms with Gasteiger partial charge in [0.05, 0.1) is 29.8 Å². The lowest BCUT2D eigenvalue weighted by molar-refractivity contribution is -0.131. The van der Waals surface area contributed by atoms with E-state index in [1.807, 2.05) is 37.3 Å². The fourth-order valence-electron chi connectivity index (χ4n) is 4.46. The molecule has 2 aliphatic heterocycles. The molecule has 2 aliphatic rings. The Hall–Kier alpha value is -3.21. The van der Waals surface area contributed by atoms with Crippen LogP contribution in [0.5, 0.6) is 0 Å². The third-order valence-electron chi connectivity index (χ3n) is 6.29. The minimum absolute atomic E-state index is 0.0173. The Morgan fingerprint density at radius 1 is 1.28 bits per heavy atom. The number of amides is 3. The molecule has 2 fully saturated rings. The van der Waals surface area contributed by atoms with Crippen LogP contribution in [0.1, 0.15) is 32.6 Å². The summed E-state index contributed by atoms with van der Waals surface area (Å²) in [5, 5.41) is 17.8. The Labute approximate surface area is 217 Å². The minimum atomic E-state index is -0.863. The van der Waals surface area contributed by atoms with Gasteiger partial charge in [0.1, 0.15) is 5.92 Å². The van der Waals surface area contributed by atoms with Crippen molar-refractivity contribution in [2.24, 2.45) is 5.92 Å². The second kappa shape index (κ2) is 13.8. The summed E-state index contributed by atoms with van der Waals surface area (Å²) in [5.41, 5.74) is 1.60. The normalized spacial score (nSPS) is 20.4. The number of hydrogen-bond donors (Lipinski definition) is 3. The number of benzene rings is 1. The molecule has 2 heterocycles. The molecule has 0 aliphatic carbocycles. The van der Waals surface area contributed by atoms with Crippen molar-refractivity contribution in [3.8, 4) is 18.4 Å². The molecule has 3 N–H and O–H groups in total. The van der Waals surface area contributed by atoms with Gasteiger partial charge in [-0.3, -0.25) is 19.3 Å². The molecule has 10 heteroatoms. The molecule has 3 atom stereocenters. The fraction of sp³-hybridized carbons (Fsp3) is 0.538. The van der Waals surface area contributed by atoms with Gasteiger partial charge in [-0.2, -0.15) is 5.26 Å². The summed E-state index contributed by atoms with van der Waals surface area (Å²) in [5.74, 6) is 1.07. The zero-order valence-electron chi connectivity index (χ0n) is 20.7. The van der Waals surface area contributed by atoms with Crippen molar-refractivity contribution >= 4 is 40.9 Å². The summed E-state index contributed by atoms with van der Waals surface area (Å²) in [6.07, 6.45) is 8.33. The molecule has 1 aromatic carbocycles. The highest BCUT2D eigenvalue weighted by molar-refractivity contribution is 8.01. The van der Waals surface area contributed by atoms with Gasteiger partial charge >= 0.3 is 0 Å². The molecule has 9 nitrogen and oxygen atoms in total. The Morgan fingerprint density at radius 2 is 2.03 bits per heavy atom. The average Bonchev–Trinajstić information content (AvgIpc) is 3.48. The summed E-state index contributed by atoms with van der Waals surface area (Å²) in [6, 6.07) is 9.59.